The molecule has 1 aromatic carbocycles. The van der Waals surface area contributed by atoms with E-state index in [9.17, 15) is 14.9 Å². The lowest BCUT2D eigenvalue weighted by molar-refractivity contribution is -0.380. The second-order valence-corrected chi connectivity index (χ2v) is 5.30. The maximum Gasteiger partial charge on any atom is 0.338 e. The Morgan fingerprint density at radius 2 is 2.19 bits per heavy atom. The number of carbonyl (C=O) groups is 1. The van der Waals surface area contributed by atoms with E-state index in [2.05, 4.69) is 5.32 Å². The number of anilines is 1. The van der Waals surface area contributed by atoms with Gasteiger partial charge in [0.1, 0.15) is 0 Å². The van der Waals surface area contributed by atoms with Crippen molar-refractivity contribution < 1.29 is 14.5 Å². The van der Waals surface area contributed by atoms with Crippen molar-refractivity contribution in [2.24, 2.45) is 0 Å². The van der Waals surface area contributed by atoms with Gasteiger partial charge in [-0.25, -0.2) is 4.79 Å². The fourth-order valence-electron chi connectivity index (χ4n) is 1.72. The van der Waals surface area contributed by atoms with E-state index in [4.69, 9.17) is 4.74 Å². The van der Waals surface area contributed by atoms with Crippen LogP contribution in [0.15, 0.2) is 36.4 Å². The summed E-state index contributed by atoms with van der Waals surface area (Å²) in [7, 11) is 0. The molecule has 0 saturated carbocycles. The van der Waals surface area contributed by atoms with E-state index >= 15 is 0 Å². The van der Waals surface area contributed by atoms with Gasteiger partial charge < -0.3 is 10.1 Å². The fraction of sp³-hybridized carbons (Fsp3) is 0.214. The van der Waals surface area contributed by atoms with Crippen LogP contribution in [-0.2, 0) is 11.3 Å². The zero-order valence-electron chi connectivity index (χ0n) is 11.4. The van der Waals surface area contributed by atoms with Crippen molar-refractivity contribution in [2.75, 3.05) is 11.9 Å². The molecule has 0 atom stereocenters. The number of carbonyl (C=O) groups excluding carboxylic acids is 1. The Balaban J connectivity index is 2.01. The van der Waals surface area contributed by atoms with Crippen LogP contribution in [-0.4, -0.2) is 17.5 Å². The number of thiophene rings is 1. The molecule has 0 fully saturated rings. The third kappa shape index (κ3) is 4.03. The molecule has 1 N–H and O–H groups in total. The molecule has 2 aromatic rings. The number of rotatable bonds is 6. The molecule has 0 aliphatic rings. The predicted octanol–water partition coefficient (Wildman–Crippen LogP) is 3.45. The molecule has 21 heavy (non-hydrogen) atoms. The van der Waals surface area contributed by atoms with Crippen LogP contribution >= 0.6 is 11.3 Å². The largest absolute Gasteiger partial charge is 0.462 e. The molecule has 0 unspecified atom stereocenters. The maximum atomic E-state index is 11.6. The minimum atomic E-state index is -0.407. The molecule has 0 bridgehead atoms. The lowest BCUT2D eigenvalue weighted by Gasteiger charge is -2.07. The zero-order valence-corrected chi connectivity index (χ0v) is 12.2. The van der Waals surface area contributed by atoms with Gasteiger partial charge in [0, 0.05) is 23.2 Å². The van der Waals surface area contributed by atoms with Gasteiger partial charge in [0.15, 0.2) is 0 Å². The summed E-state index contributed by atoms with van der Waals surface area (Å²) in [6.45, 7) is 2.55. The van der Waals surface area contributed by atoms with E-state index in [1.54, 1.807) is 31.2 Å². The van der Waals surface area contributed by atoms with E-state index in [-0.39, 0.29) is 11.0 Å². The summed E-state index contributed by atoms with van der Waals surface area (Å²) < 4.78 is 4.94. The molecule has 6 nitrogen and oxygen atoms in total. The average molecular weight is 306 g/mol. The highest BCUT2D eigenvalue weighted by Gasteiger charge is 2.10. The standard InChI is InChI=1S/C14H14N2O4S/c1-2-20-14(17)10-4-3-5-11(8-10)15-9-12-6-7-13(21-12)16(18)19/h3-8,15H,2,9H2,1H3. The Kier molecular flexibility index (Phi) is 4.89. The van der Waals surface area contributed by atoms with Gasteiger partial charge >= 0.3 is 11.0 Å². The lowest BCUT2D eigenvalue weighted by atomic mass is 10.2. The lowest BCUT2D eigenvalue weighted by Crippen LogP contribution is -2.05. The Morgan fingerprint density at radius 3 is 2.86 bits per heavy atom. The molecule has 110 valence electrons. The van der Waals surface area contributed by atoms with Gasteiger partial charge in [0.05, 0.1) is 17.1 Å². The summed E-state index contributed by atoms with van der Waals surface area (Å²) >= 11 is 1.13. The number of esters is 1. The quantitative estimate of drug-likeness (QED) is 0.502. The van der Waals surface area contributed by atoms with Gasteiger partial charge in [-0.1, -0.05) is 17.4 Å². The minimum absolute atomic E-state index is 0.118. The molecule has 2 rings (SSSR count). The van der Waals surface area contributed by atoms with Crippen LogP contribution in [0, 0.1) is 10.1 Å². The molecule has 1 aromatic heterocycles. The third-order valence-corrected chi connectivity index (χ3v) is 3.70. The Labute approximate surface area is 125 Å². The van der Waals surface area contributed by atoms with Crippen molar-refractivity contribution in [3.05, 3.63) is 57.0 Å². The van der Waals surface area contributed by atoms with Crippen molar-refractivity contribution >= 4 is 28.0 Å². The Morgan fingerprint density at radius 1 is 1.38 bits per heavy atom. The highest BCUT2D eigenvalue weighted by molar-refractivity contribution is 7.15. The third-order valence-electron chi connectivity index (χ3n) is 2.67. The van der Waals surface area contributed by atoms with Gasteiger partial charge in [0.25, 0.3) is 0 Å². The van der Waals surface area contributed by atoms with Crippen LogP contribution in [0.4, 0.5) is 10.7 Å². The van der Waals surface area contributed by atoms with Crippen LogP contribution in [0.3, 0.4) is 0 Å². The second kappa shape index (κ2) is 6.85. The highest BCUT2D eigenvalue weighted by atomic mass is 32.1. The van der Waals surface area contributed by atoms with E-state index in [0.717, 1.165) is 21.9 Å². The van der Waals surface area contributed by atoms with Gasteiger partial charge in [0.2, 0.25) is 0 Å². The topological polar surface area (TPSA) is 81.5 Å². The number of hydrogen-bond acceptors (Lipinski definition) is 6. The fourth-order valence-corrected chi connectivity index (χ4v) is 2.48. The molecular weight excluding hydrogens is 292 g/mol. The number of nitrogens with zero attached hydrogens (tertiary/aromatic N) is 1. The molecule has 0 amide bonds. The molecule has 0 radical (unpaired) electrons. The van der Waals surface area contributed by atoms with E-state index in [1.165, 1.54) is 6.07 Å². The van der Waals surface area contributed by atoms with Crippen LogP contribution in [0.1, 0.15) is 22.2 Å². The Hall–Kier alpha value is -2.41. The summed E-state index contributed by atoms with van der Waals surface area (Å²) in [5, 5.41) is 13.9. The number of hydrogen-bond donors (Lipinski definition) is 1. The first-order valence-electron chi connectivity index (χ1n) is 6.34. The van der Waals surface area contributed by atoms with Gasteiger partial charge in [-0.2, -0.15) is 0 Å². The average Bonchev–Trinajstić information content (AvgIpc) is 2.95. The van der Waals surface area contributed by atoms with E-state index < -0.39 is 4.92 Å². The van der Waals surface area contributed by atoms with Crippen molar-refractivity contribution in [3.8, 4) is 0 Å². The normalized spacial score (nSPS) is 10.1. The monoisotopic (exact) mass is 306 g/mol. The van der Waals surface area contributed by atoms with Crippen LogP contribution in [0.25, 0.3) is 0 Å². The van der Waals surface area contributed by atoms with E-state index in [1.807, 2.05) is 6.07 Å². The molecule has 0 aliphatic heterocycles. The summed E-state index contributed by atoms with van der Waals surface area (Å²) in [5.41, 5.74) is 1.23. The summed E-state index contributed by atoms with van der Waals surface area (Å²) in [6, 6.07) is 10.1. The van der Waals surface area contributed by atoms with Crippen LogP contribution in [0.2, 0.25) is 0 Å². The van der Waals surface area contributed by atoms with Crippen LogP contribution < -0.4 is 5.32 Å². The Bertz CT molecular complexity index is 654. The highest BCUT2D eigenvalue weighted by Crippen LogP contribution is 2.24. The molecular formula is C14H14N2O4S. The molecule has 7 heteroatoms. The van der Waals surface area contributed by atoms with Gasteiger partial charge in [-0.15, -0.1) is 0 Å². The number of benzene rings is 1. The van der Waals surface area contributed by atoms with E-state index in [0.29, 0.717) is 18.7 Å². The SMILES string of the molecule is CCOC(=O)c1cccc(NCc2ccc([N+](=O)[O-])s2)c1. The van der Waals surface area contributed by atoms with Crippen molar-refractivity contribution in [1.82, 2.24) is 0 Å². The minimum Gasteiger partial charge on any atom is -0.462 e. The number of nitro groups is 1. The molecule has 0 saturated heterocycles. The smallest absolute Gasteiger partial charge is 0.338 e. The summed E-state index contributed by atoms with van der Waals surface area (Å²) in [4.78, 5) is 22.7. The maximum absolute atomic E-state index is 11.6. The first-order valence-corrected chi connectivity index (χ1v) is 7.16. The first-order chi connectivity index (χ1) is 10.1. The first kappa shape index (κ1) is 15.0. The van der Waals surface area contributed by atoms with Crippen molar-refractivity contribution in [2.45, 2.75) is 13.5 Å². The number of ether oxygens (including phenoxy) is 1. The summed E-state index contributed by atoms with van der Waals surface area (Å²) in [5.74, 6) is -0.368. The second-order valence-electron chi connectivity index (χ2n) is 4.15. The zero-order chi connectivity index (χ0) is 15.2. The van der Waals surface area contributed by atoms with Crippen molar-refractivity contribution in [3.63, 3.8) is 0 Å². The summed E-state index contributed by atoms with van der Waals surface area (Å²) in [6.07, 6.45) is 0. The number of nitrogens with one attached hydrogen (secondary N) is 1. The van der Waals surface area contributed by atoms with Gasteiger partial charge in [-0.3, -0.25) is 10.1 Å². The van der Waals surface area contributed by atoms with Gasteiger partial charge in [-0.05, 0) is 31.2 Å². The molecule has 0 spiro atoms. The van der Waals surface area contributed by atoms with Crippen molar-refractivity contribution in [1.29, 1.82) is 0 Å². The predicted molar refractivity (Wildman–Crippen MR) is 80.7 cm³/mol. The molecule has 0 aliphatic carbocycles. The molecule has 1 heterocycles. The van der Waals surface area contributed by atoms with Crippen LogP contribution in [0.5, 0.6) is 0 Å².